The summed E-state index contributed by atoms with van der Waals surface area (Å²) in [6.07, 6.45) is 5.13. The van der Waals surface area contributed by atoms with Gasteiger partial charge in [0, 0.05) is 6.04 Å². The summed E-state index contributed by atoms with van der Waals surface area (Å²) in [6, 6.07) is 0.351. The Balaban J connectivity index is 1.97. The van der Waals surface area contributed by atoms with Gasteiger partial charge >= 0.3 is 0 Å². The van der Waals surface area contributed by atoms with E-state index in [0.29, 0.717) is 11.5 Å². The molecular weight excluding hydrogens is 196 g/mol. The van der Waals surface area contributed by atoms with Crippen molar-refractivity contribution in [3.05, 3.63) is 0 Å². The fraction of sp³-hybridized carbons (Fsp3) is 1.00. The van der Waals surface area contributed by atoms with Gasteiger partial charge in [-0.3, -0.25) is 0 Å². The lowest BCUT2D eigenvalue weighted by atomic mass is 9.87. The first kappa shape index (κ1) is 14.0. The van der Waals surface area contributed by atoms with Crippen molar-refractivity contribution in [2.45, 2.75) is 59.4 Å². The van der Waals surface area contributed by atoms with E-state index in [9.17, 15) is 0 Å². The van der Waals surface area contributed by atoms with Gasteiger partial charge in [0.15, 0.2) is 0 Å². The van der Waals surface area contributed by atoms with E-state index in [4.69, 9.17) is 5.73 Å². The van der Waals surface area contributed by atoms with E-state index in [0.717, 1.165) is 31.2 Å². The Morgan fingerprint density at radius 2 is 1.94 bits per heavy atom. The SMILES string of the molecule is CC(CNCCC(N)CC(C)(C)C)C1CC1. The van der Waals surface area contributed by atoms with Gasteiger partial charge in [-0.2, -0.15) is 0 Å². The summed E-state index contributed by atoms with van der Waals surface area (Å²) in [5.41, 5.74) is 6.47. The first-order valence-electron chi connectivity index (χ1n) is 6.85. The topological polar surface area (TPSA) is 38.0 Å². The number of nitrogens with one attached hydrogen (secondary N) is 1. The average molecular weight is 226 g/mol. The summed E-state index contributed by atoms with van der Waals surface area (Å²) in [5.74, 6) is 1.87. The third-order valence-electron chi connectivity index (χ3n) is 3.46. The molecule has 0 bridgehead atoms. The van der Waals surface area contributed by atoms with Crippen LogP contribution in [0.5, 0.6) is 0 Å². The molecule has 0 heterocycles. The zero-order chi connectivity index (χ0) is 12.2. The number of rotatable bonds is 7. The molecule has 3 N–H and O–H groups in total. The van der Waals surface area contributed by atoms with Crippen molar-refractivity contribution in [3.8, 4) is 0 Å². The van der Waals surface area contributed by atoms with Gasteiger partial charge < -0.3 is 11.1 Å². The molecule has 1 fully saturated rings. The molecule has 0 aromatic carbocycles. The summed E-state index contributed by atoms with van der Waals surface area (Å²) in [6.45, 7) is 11.4. The van der Waals surface area contributed by atoms with Crippen molar-refractivity contribution in [2.75, 3.05) is 13.1 Å². The normalized spacial score (nSPS) is 20.8. The van der Waals surface area contributed by atoms with E-state index in [1.54, 1.807) is 0 Å². The van der Waals surface area contributed by atoms with E-state index >= 15 is 0 Å². The molecule has 16 heavy (non-hydrogen) atoms. The Kier molecular flexibility index (Phi) is 5.26. The first-order chi connectivity index (χ1) is 7.38. The molecular formula is C14H30N2. The fourth-order valence-electron chi connectivity index (χ4n) is 2.34. The van der Waals surface area contributed by atoms with E-state index in [1.165, 1.54) is 19.4 Å². The van der Waals surface area contributed by atoms with Crippen LogP contribution in [0.15, 0.2) is 0 Å². The Labute approximate surface area is 101 Å². The van der Waals surface area contributed by atoms with Crippen LogP contribution in [0.1, 0.15) is 53.4 Å². The molecule has 0 aliphatic heterocycles. The molecule has 0 aromatic rings. The molecule has 1 aliphatic carbocycles. The van der Waals surface area contributed by atoms with E-state index in [2.05, 4.69) is 33.0 Å². The highest BCUT2D eigenvalue weighted by Gasteiger charge is 2.27. The van der Waals surface area contributed by atoms with Crippen LogP contribution in [-0.2, 0) is 0 Å². The van der Waals surface area contributed by atoms with E-state index in [-0.39, 0.29) is 0 Å². The molecule has 2 atom stereocenters. The second kappa shape index (κ2) is 6.02. The van der Waals surface area contributed by atoms with Gasteiger partial charge in [-0.1, -0.05) is 27.7 Å². The lowest BCUT2D eigenvalue weighted by molar-refractivity contribution is 0.327. The van der Waals surface area contributed by atoms with Crippen molar-refractivity contribution in [2.24, 2.45) is 23.0 Å². The van der Waals surface area contributed by atoms with Crippen LogP contribution < -0.4 is 11.1 Å². The summed E-state index contributed by atoms with van der Waals surface area (Å²) in [7, 11) is 0. The summed E-state index contributed by atoms with van der Waals surface area (Å²) >= 11 is 0. The molecule has 2 heteroatoms. The number of hydrogen-bond donors (Lipinski definition) is 2. The zero-order valence-electron chi connectivity index (χ0n) is 11.6. The Morgan fingerprint density at radius 1 is 1.31 bits per heavy atom. The van der Waals surface area contributed by atoms with Crippen LogP contribution in [0.4, 0.5) is 0 Å². The predicted molar refractivity (Wildman–Crippen MR) is 71.4 cm³/mol. The maximum atomic E-state index is 6.11. The molecule has 0 aromatic heterocycles. The Hall–Kier alpha value is -0.0800. The molecule has 96 valence electrons. The Bertz CT molecular complexity index is 191. The van der Waals surface area contributed by atoms with E-state index in [1.807, 2.05) is 0 Å². The summed E-state index contributed by atoms with van der Waals surface area (Å²) in [4.78, 5) is 0. The molecule has 0 saturated heterocycles. The molecule has 2 nitrogen and oxygen atoms in total. The van der Waals surface area contributed by atoms with Crippen molar-refractivity contribution in [1.82, 2.24) is 5.32 Å². The highest BCUT2D eigenvalue weighted by Crippen LogP contribution is 2.36. The fourth-order valence-corrected chi connectivity index (χ4v) is 2.34. The lowest BCUT2D eigenvalue weighted by Crippen LogP contribution is -2.32. The van der Waals surface area contributed by atoms with Gasteiger partial charge in [0.25, 0.3) is 0 Å². The van der Waals surface area contributed by atoms with Crippen LogP contribution in [0.3, 0.4) is 0 Å². The third-order valence-corrected chi connectivity index (χ3v) is 3.46. The maximum Gasteiger partial charge on any atom is 0.00558 e. The second-order valence-electron chi connectivity index (χ2n) is 6.83. The first-order valence-corrected chi connectivity index (χ1v) is 6.85. The van der Waals surface area contributed by atoms with Gasteiger partial charge in [-0.25, -0.2) is 0 Å². The van der Waals surface area contributed by atoms with Crippen molar-refractivity contribution in [1.29, 1.82) is 0 Å². The minimum atomic E-state index is 0.351. The van der Waals surface area contributed by atoms with Gasteiger partial charge in [-0.15, -0.1) is 0 Å². The third kappa shape index (κ3) is 6.49. The van der Waals surface area contributed by atoms with Gasteiger partial charge in [0.2, 0.25) is 0 Å². The quantitative estimate of drug-likeness (QED) is 0.655. The standard InChI is InChI=1S/C14H30N2/c1-11(12-5-6-12)10-16-8-7-13(15)9-14(2,3)4/h11-13,16H,5-10,15H2,1-4H3. The van der Waals surface area contributed by atoms with Gasteiger partial charge in [-0.05, 0) is 56.0 Å². The van der Waals surface area contributed by atoms with Crippen molar-refractivity contribution >= 4 is 0 Å². The van der Waals surface area contributed by atoms with Crippen molar-refractivity contribution < 1.29 is 0 Å². The van der Waals surface area contributed by atoms with Crippen LogP contribution in [0, 0.1) is 17.3 Å². The number of hydrogen-bond acceptors (Lipinski definition) is 2. The van der Waals surface area contributed by atoms with Gasteiger partial charge in [0.1, 0.15) is 0 Å². The smallest absolute Gasteiger partial charge is 0.00558 e. The average Bonchev–Trinajstić information content (AvgIpc) is 2.91. The van der Waals surface area contributed by atoms with Gasteiger partial charge in [0.05, 0.1) is 0 Å². The van der Waals surface area contributed by atoms with Crippen LogP contribution >= 0.6 is 0 Å². The predicted octanol–water partition coefficient (Wildman–Crippen LogP) is 2.78. The van der Waals surface area contributed by atoms with Crippen molar-refractivity contribution in [3.63, 3.8) is 0 Å². The summed E-state index contributed by atoms with van der Waals surface area (Å²) < 4.78 is 0. The monoisotopic (exact) mass is 226 g/mol. The minimum absolute atomic E-state index is 0.351. The number of nitrogens with two attached hydrogens (primary N) is 1. The van der Waals surface area contributed by atoms with Crippen LogP contribution in [0.25, 0.3) is 0 Å². The molecule has 1 rings (SSSR count). The highest BCUT2D eigenvalue weighted by molar-refractivity contribution is 4.80. The summed E-state index contributed by atoms with van der Waals surface area (Å²) in [5, 5.41) is 3.54. The van der Waals surface area contributed by atoms with Crippen LogP contribution in [-0.4, -0.2) is 19.1 Å². The van der Waals surface area contributed by atoms with E-state index < -0.39 is 0 Å². The molecule has 0 radical (unpaired) electrons. The molecule has 2 unspecified atom stereocenters. The molecule has 0 spiro atoms. The molecule has 0 amide bonds. The largest absolute Gasteiger partial charge is 0.328 e. The zero-order valence-corrected chi connectivity index (χ0v) is 11.6. The lowest BCUT2D eigenvalue weighted by Gasteiger charge is -2.23. The molecule has 1 saturated carbocycles. The minimum Gasteiger partial charge on any atom is -0.328 e. The molecule has 1 aliphatic rings. The Morgan fingerprint density at radius 3 is 2.44 bits per heavy atom. The highest BCUT2D eigenvalue weighted by atomic mass is 14.9. The second-order valence-corrected chi connectivity index (χ2v) is 6.83. The maximum absolute atomic E-state index is 6.11. The van der Waals surface area contributed by atoms with Crippen LogP contribution in [0.2, 0.25) is 0 Å².